The summed E-state index contributed by atoms with van der Waals surface area (Å²) in [6, 6.07) is 11.6. The van der Waals surface area contributed by atoms with Crippen molar-refractivity contribution >= 4 is 39.1 Å². The van der Waals surface area contributed by atoms with Crippen molar-refractivity contribution in [3.63, 3.8) is 0 Å². The van der Waals surface area contributed by atoms with Gasteiger partial charge in [0.05, 0.1) is 16.1 Å². The number of carbonyl (C=O) groups is 3. The first-order valence-corrected chi connectivity index (χ1v) is 7.68. The van der Waals surface area contributed by atoms with Crippen LogP contribution in [-0.4, -0.2) is 22.3 Å². The van der Waals surface area contributed by atoms with Gasteiger partial charge >= 0.3 is 0 Å². The van der Waals surface area contributed by atoms with E-state index in [9.17, 15) is 14.4 Å². The Bertz CT molecular complexity index is 811. The number of nitrogens with one attached hydrogen (secondary N) is 1. The largest absolute Gasteiger partial charge is 0.324 e. The van der Waals surface area contributed by atoms with Crippen LogP contribution in [-0.2, 0) is 4.79 Å². The fraction of sp³-hybridized carbons (Fsp3) is 0.118. The Labute approximate surface area is 135 Å². The SMILES string of the molecule is CC(Br)C(=O)Nc1cccc2c1C(=O)c1ccccc1C2=O. The molecule has 1 unspecified atom stereocenters. The van der Waals surface area contributed by atoms with E-state index in [2.05, 4.69) is 21.2 Å². The second kappa shape index (κ2) is 5.50. The monoisotopic (exact) mass is 357 g/mol. The number of halogens is 1. The number of hydrogen-bond donors (Lipinski definition) is 1. The second-order valence-electron chi connectivity index (χ2n) is 5.04. The van der Waals surface area contributed by atoms with Crippen molar-refractivity contribution in [3.8, 4) is 0 Å². The Morgan fingerprint density at radius 2 is 1.55 bits per heavy atom. The maximum absolute atomic E-state index is 12.7. The number of amides is 1. The van der Waals surface area contributed by atoms with E-state index < -0.39 is 4.83 Å². The van der Waals surface area contributed by atoms with Crippen molar-refractivity contribution in [3.05, 3.63) is 64.7 Å². The van der Waals surface area contributed by atoms with E-state index in [1.165, 1.54) is 0 Å². The molecule has 110 valence electrons. The summed E-state index contributed by atoms with van der Waals surface area (Å²) in [4.78, 5) is 36.7. The van der Waals surface area contributed by atoms with Crippen LogP contribution in [0.1, 0.15) is 38.8 Å². The lowest BCUT2D eigenvalue weighted by atomic mass is 9.83. The van der Waals surface area contributed by atoms with Crippen LogP contribution in [0, 0.1) is 0 Å². The van der Waals surface area contributed by atoms with Gasteiger partial charge in [0.1, 0.15) is 0 Å². The number of rotatable bonds is 2. The minimum atomic E-state index is -0.398. The van der Waals surface area contributed by atoms with Gasteiger partial charge in [-0.2, -0.15) is 0 Å². The smallest absolute Gasteiger partial charge is 0.237 e. The molecule has 0 radical (unpaired) electrons. The van der Waals surface area contributed by atoms with Crippen molar-refractivity contribution in [2.75, 3.05) is 5.32 Å². The summed E-state index contributed by atoms with van der Waals surface area (Å²) < 4.78 is 0. The third-order valence-corrected chi connectivity index (χ3v) is 3.99. The molecule has 1 atom stereocenters. The summed E-state index contributed by atoms with van der Waals surface area (Å²) in [5.74, 6) is -0.718. The summed E-state index contributed by atoms with van der Waals surface area (Å²) in [6.45, 7) is 1.69. The van der Waals surface area contributed by atoms with Gasteiger partial charge in [-0.25, -0.2) is 0 Å². The summed E-state index contributed by atoms with van der Waals surface area (Å²) in [7, 11) is 0. The Morgan fingerprint density at radius 1 is 0.955 bits per heavy atom. The molecule has 0 saturated carbocycles. The van der Waals surface area contributed by atoms with Gasteiger partial charge in [0.2, 0.25) is 5.91 Å². The molecule has 22 heavy (non-hydrogen) atoms. The van der Waals surface area contributed by atoms with Gasteiger partial charge in [0.25, 0.3) is 0 Å². The van der Waals surface area contributed by atoms with E-state index in [0.717, 1.165) is 0 Å². The molecule has 3 rings (SSSR count). The molecule has 0 saturated heterocycles. The third kappa shape index (κ3) is 2.27. The summed E-state index contributed by atoms with van der Waals surface area (Å²) >= 11 is 3.18. The Balaban J connectivity index is 2.15. The van der Waals surface area contributed by atoms with Crippen molar-refractivity contribution in [2.24, 2.45) is 0 Å². The molecule has 0 fully saturated rings. The standard InChI is InChI=1S/C17H12BrNO3/c1-9(18)17(22)19-13-8-4-7-12-14(13)16(21)11-6-3-2-5-10(11)15(12)20/h2-9H,1H3,(H,19,22). The van der Waals surface area contributed by atoms with Crippen molar-refractivity contribution < 1.29 is 14.4 Å². The quantitative estimate of drug-likeness (QED) is 0.716. The van der Waals surface area contributed by atoms with Crippen LogP contribution in [0.25, 0.3) is 0 Å². The molecule has 0 heterocycles. The van der Waals surface area contributed by atoms with Gasteiger partial charge in [-0.3, -0.25) is 14.4 Å². The number of fused-ring (bicyclic) bond motifs is 2. The molecule has 5 heteroatoms. The van der Waals surface area contributed by atoms with Gasteiger partial charge in [-0.15, -0.1) is 0 Å². The number of anilines is 1. The predicted octanol–water partition coefficient (Wildman–Crippen LogP) is 3.18. The molecule has 0 aliphatic heterocycles. The molecule has 1 aliphatic carbocycles. The number of alkyl halides is 1. The van der Waals surface area contributed by atoms with Gasteiger partial charge < -0.3 is 5.32 Å². The lowest BCUT2D eigenvalue weighted by Crippen LogP contribution is -2.26. The summed E-state index contributed by atoms with van der Waals surface area (Å²) in [5, 5.41) is 2.69. The van der Waals surface area contributed by atoms with E-state index in [4.69, 9.17) is 0 Å². The van der Waals surface area contributed by atoms with Gasteiger partial charge in [-0.1, -0.05) is 52.3 Å². The molecular formula is C17H12BrNO3. The van der Waals surface area contributed by atoms with Crippen LogP contribution in [0.3, 0.4) is 0 Å². The first-order valence-electron chi connectivity index (χ1n) is 6.77. The first-order chi connectivity index (χ1) is 10.5. The highest BCUT2D eigenvalue weighted by Gasteiger charge is 2.31. The minimum absolute atomic E-state index is 0.201. The average molecular weight is 358 g/mol. The van der Waals surface area contributed by atoms with Crippen LogP contribution in [0.5, 0.6) is 0 Å². The molecule has 0 aromatic heterocycles. The molecule has 1 N–H and O–H groups in total. The van der Waals surface area contributed by atoms with E-state index in [-0.39, 0.29) is 23.0 Å². The molecular weight excluding hydrogens is 346 g/mol. The lowest BCUT2D eigenvalue weighted by Gasteiger charge is -2.20. The van der Waals surface area contributed by atoms with Crippen LogP contribution in [0.15, 0.2) is 42.5 Å². The normalized spacial score (nSPS) is 14.1. The van der Waals surface area contributed by atoms with Crippen molar-refractivity contribution in [1.29, 1.82) is 0 Å². The van der Waals surface area contributed by atoms with Crippen molar-refractivity contribution in [1.82, 2.24) is 0 Å². The number of hydrogen-bond acceptors (Lipinski definition) is 3. The first kappa shape index (κ1) is 14.7. The van der Waals surface area contributed by atoms with Gasteiger partial charge in [0, 0.05) is 16.7 Å². The highest BCUT2D eigenvalue weighted by Crippen LogP contribution is 2.32. The Morgan fingerprint density at radius 3 is 2.18 bits per heavy atom. The summed E-state index contributed by atoms with van der Waals surface area (Å²) in [6.07, 6.45) is 0. The van der Waals surface area contributed by atoms with Crippen LogP contribution < -0.4 is 5.32 Å². The van der Waals surface area contributed by atoms with E-state index >= 15 is 0 Å². The van der Waals surface area contributed by atoms with E-state index in [1.54, 1.807) is 49.4 Å². The maximum Gasteiger partial charge on any atom is 0.237 e. The minimum Gasteiger partial charge on any atom is -0.324 e. The number of carbonyl (C=O) groups excluding carboxylic acids is 3. The fourth-order valence-electron chi connectivity index (χ4n) is 2.48. The zero-order chi connectivity index (χ0) is 15.9. The van der Waals surface area contributed by atoms with Crippen LogP contribution in [0.2, 0.25) is 0 Å². The third-order valence-electron chi connectivity index (χ3n) is 3.57. The summed E-state index contributed by atoms with van der Waals surface area (Å²) in [5.41, 5.74) is 1.71. The van der Waals surface area contributed by atoms with Gasteiger partial charge in [0.15, 0.2) is 11.6 Å². The Kier molecular flexibility index (Phi) is 3.66. The predicted molar refractivity (Wildman–Crippen MR) is 86.8 cm³/mol. The molecule has 4 nitrogen and oxygen atoms in total. The highest BCUT2D eigenvalue weighted by molar-refractivity contribution is 9.10. The topological polar surface area (TPSA) is 63.2 Å². The molecule has 0 spiro atoms. The number of ketones is 2. The van der Waals surface area contributed by atoms with Crippen LogP contribution in [0.4, 0.5) is 5.69 Å². The Hall–Kier alpha value is -2.27. The molecule has 1 amide bonds. The second-order valence-corrected chi connectivity index (χ2v) is 6.41. The lowest BCUT2D eigenvalue weighted by molar-refractivity contribution is -0.115. The number of benzene rings is 2. The van der Waals surface area contributed by atoms with E-state index in [0.29, 0.717) is 22.4 Å². The molecule has 2 aromatic rings. The van der Waals surface area contributed by atoms with Crippen molar-refractivity contribution in [2.45, 2.75) is 11.8 Å². The molecule has 1 aliphatic rings. The highest BCUT2D eigenvalue weighted by atomic mass is 79.9. The fourth-order valence-corrected chi connectivity index (χ4v) is 2.60. The average Bonchev–Trinajstić information content (AvgIpc) is 2.52. The maximum atomic E-state index is 12.7. The molecule has 0 bridgehead atoms. The van der Waals surface area contributed by atoms with E-state index in [1.807, 2.05) is 0 Å². The zero-order valence-corrected chi connectivity index (χ0v) is 13.3. The van der Waals surface area contributed by atoms with Crippen LogP contribution >= 0.6 is 15.9 Å². The molecule has 2 aromatic carbocycles. The van der Waals surface area contributed by atoms with Gasteiger partial charge in [-0.05, 0) is 13.0 Å². The zero-order valence-electron chi connectivity index (χ0n) is 11.7.